The van der Waals surface area contributed by atoms with Gasteiger partial charge >= 0.3 is 0 Å². The zero-order valence-corrected chi connectivity index (χ0v) is 14.8. The third-order valence-electron chi connectivity index (χ3n) is 2.77. The normalized spacial score (nSPS) is 10.3. The number of hydrogen-bond acceptors (Lipinski definition) is 2. The van der Waals surface area contributed by atoms with Crippen LogP contribution in [0.4, 0.5) is 0 Å². The SMILES string of the molecule is CCCOc1ccc(C(=O)c2ccccc2I)cc1Br. The summed E-state index contributed by atoms with van der Waals surface area (Å²) in [6.07, 6.45) is 0.954. The second-order valence-electron chi connectivity index (χ2n) is 4.30. The summed E-state index contributed by atoms with van der Waals surface area (Å²) in [6, 6.07) is 13.0. The Bertz CT molecular complexity index is 626. The van der Waals surface area contributed by atoms with Crippen molar-refractivity contribution in [1.29, 1.82) is 0 Å². The molecule has 4 heteroatoms. The summed E-state index contributed by atoms with van der Waals surface area (Å²) in [6.45, 7) is 2.73. The molecule has 0 saturated heterocycles. The van der Waals surface area contributed by atoms with Crippen molar-refractivity contribution >= 4 is 44.3 Å². The van der Waals surface area contributed by atoms with Gasteiger partial charge in [-0.2, -0.15) is 0 Å². The van der Waals surface area contributed by atoms with Crippen LogP contribution < -0.4 is 4.74 Å². The Labute approximate surface area is 140 Å². The molecule has 0 aliphatic heterocycles. The van der Waals surface area contributed by atoms with Crippen molar-refractivity contribution in [3.8, 4) is 5.75 Å². The van der Waals surface area contributed by atoms with Crippen LogP contribution in [0.1, 0.15) is 29.3 Å². The quantitative estimate of drug-likeness (QED) is 0.475. The molecule has 2 aromatic carbocycles. The summed E-state index contributed by atoms with van der Waals surface area (Å²) in [5.74, 6) is 0.795. The van der Waals surface area contributed by atoms with Crippen molar-refractivity contribution in [1.82, 2.24) is 0 Å². The van der Waals surface area contributed by atoms with Crippen LogP contribution in [-0.4, -0.2) is 12.4 Å². The van der Waals surface area contributed by atoms with Crippen molar-refractivity contribution in [3.05, 3.63) is 61.6 Å². The van der Waals surface area contributed by atoms with Crippen molar-refractivity contribution in [2.45, 2.75) is 13.3 Å². The van der Waals surface area contributed by atoms with Crippen LogP contribution in [-0.2, 0) is 0 Å². The van der Waals surface area contributed by atoms with E-state index < -0.39 is 0 Å². The van der Waals surface area contributed by atoms with Gasteiger partial charge in [-0.3, -0.25) is 4.79 Å². The highest BCUT2D eigenvalue weighted by Gasteiger charge is 2.13. The Kier molecular flexibility index (Phi) is 5.60. The van der Waals surface area contributed by atoms with Gasteiger partial charge < -0.3 is 4.74 Å². The van der Waals surface area contributed by atoms with Gasteiger partial charge in [0.05, 0.1) is 11.1 Å². The van der Waals surface area contributed by atoms with Crippen molar-refractivity contribution in [3.63, 3.8) is 0 Å². The van der Waals surface area contributed by atoms with Gasteiger partial charge in [0, 0.05) is 14.7 Å². The summed E-state index contributed by atoms with van der Waals surface area (Å²) >= 11 is 5.64. The first kappa shape index (κ1) is 15.5. The fourth-order valence-electron chi connectivity index (χ4n) is 1.77. The highest BCUT2D eigenvalue weighted by molar-refractivity contribution is 14.1. The Hall–Kier alpha value is -0.880. The lowest BCUT2D eigenvalue weighted by molar-refractivity contribution is 0.103. The van der Waals surface area contributed by atoms with E-state index in [9.17, 15) is 4.79 Å². The lowest BCUT2D eigenvalue weighted by Gasteiger charge is -2.09. The van der Waals surface area contributed by atoms with Gasteiger partial charge in [0.25, 0.3) is 0 Å². The smallest absolute Gasteiger partial charge is 0.194 e. The van der Waals surface area contributed by atoms with E-state index in [0.717, 1.165) is 25.8 Å². The van der Waals surface area contributed by atoms with Gasteiger partial charge in [-0.1, -0.05) is 19.1 Å². The molecule has 0 saturated carbocycles. The maximum atomic E-state index is 12.5. The minimum atomic E-state index is 0.0257. The van der Waals surface area contributed by atoms with E-state index in [1.54, 1.807) is 6.07 Å². The molecule has 0 aromatic heterocycles. The van der Waals surface area contributed by atoms with E-state index in [-0.39, 0.29) is 5.78 Å². The molecule has 0 N–H and O–H groups in total. The first-order valence-electron chi connectivity index (χ1n) is 6.35. The fraction of sp³-hybridized carbons (Fsp3) is 0.188. The molecule has 20 heavy (non-hydrogen) atoms. The number of halogens is 2. The Balaban J connectivity index is 2.28. The second kappa shape index (κ2) is 7.22. The summed E-state index contributed by atoms with van der Waals surface area (Å²) in [7, 11) is 0. The minimum absolute atomic E-state index is 0.0257. The third-order valence-corrected chi connectivity index (χ3v) is 4.33. The van der Waals surface area contributed by atoms with E-state index in [1.165, 1.54) is 0 Å². The predicted molar refractivity (Wildman–Crippen MR) is 92.5 cm³/mol. The molecular weight excluding hydrogens is 431 g/mol. The third kappa shape index (κ3) is 3.61. The first-order chi connectivity index (χ1) is 9.63. The molecule has 0 aliphatic rings. The Morgan fingerprint density at radius 2 is 2.00 bits per heavy atom. The number of carbonyl (C=O) groups excluding carboxylic acids is 1. The molecule has 0 fully saturated rings. The lowest BCUT2D eigenvalue weighted by Crippen LogP contribution is -2.04. The van der Waals surface area contributed by atoms with Gasteiger partial charge in [0.15, 0.2) is 5.78 Å². The maximum absolute atomic E-state index is 12.5. The largest absolute Gasteiger partial charge is 0.492 e. The molecule has 0 amide bonds. The van der Waals surface area contributed by atoms with Gasteiger partial charge in [-0.15, -0.1) is 0 Å². The molecule has 104 valence electrons. The summed E-state index contributed by atoms with van der Waals surface area (Å²) in [4.78, 5) is 12.5. The molecule has 0 aliphatic carbocycles. The van der Waals surface area contributed by atoms with Crippen LogP contribution in [0.25, 0.3) is 0 Å². The average Bonchev–Trinajstić information content (AvgIpc) is 2.46. The number of hydrogen-bond donors (Lipinski definition) is 0. The predicted octanol–water partition coefficient (Wildman–Crippen LogP) is 5.07. The zero-order chi connectivity index (χ0) is 14.5. The Morgan fingerprint density at radius 3 is 2.65 bits per heavy atom. The number of carbonyl (C=O) groups is 1. The van der Waals surface area contributed by atoms with Crippen molar-refractivity contribution in [2.24, 2.45) is 0 Å². The van der Waals surface area contributed by atoms with Crippen LogP contribution in [0.15, 0.2) is 46.9 Å². The number of benzene rings is 2. The molecule has 0 spiro atoms. The monoisotopic (exact) mass is 444 g/mol. The van der Waals surface area contributed by atoms with Gasteiger partial charge in [-0.25, -0.2) is 0 Å². The van der Waals surface area contributed by atoms with Crippen LogP contribution in [0.3, 0.4) is 0 Å². The second-order valence-corrected chi connectivity index (χ2v) is 6.32. The average molecular weight is 445 g/mol. The first-order valence-corrected chi connectivity index (χ1v) is 8.22. The highest BCUT2D eigenvalue weighted by Crippen LogP contribution is 2.27. The summed E-state index contributed by atoms with van der Waals surface area (Å²) in [5.41, 5.74) is 1.38. The molecule has 2 nitrogen and oxygen atoms in total. The van der Waals surface area contributed by atoms with Crippen molar-refractivity contribution in [2.75, 3.05) is 6.61 Å². The maximum Gasteiger partial charge on any atom is 0.194 e. The van der Waals surface area contributed by atoms with E-state index in [4.69, 9.17) is 4.74 Å². The molecule has 0 radical (unpaired) electrons. The van der Waals surface area contributed by atoms with Crippen LogP contribution in [0.2, 0.25) is 0 Å². The van der Waals surface area contributed by atoms with E-state index in [2.05, 4.69) is 45.4 Å². The van der Waals surface area contributed by atoms with Crippen LogP contribution in [0, 0.1) is 3.57 Å². The number of rotatable bonds is 5. The molecule has 0 unspecified atom stereocenters. The van der Waals surface area contributed by atoms with Crippen LogP contribution >= 0.6 is 38.5 Å². The van der Waals surface area contributed by atoms with Gasteiger partial charge in [0.2, 0.25) is 0 Å². The minimum Gasteiger partial charge on any atom is -0.492 e. The van der Waals surface area contributed by atoms with Gasteiger partial charge in [0.1, 0.15) is 5.75 Å². The molecule has 0 bridgehead atoms. The molecular formula is C16H14BrIO2. The van der Waals surface area contributed by atoms with E-state index >= 15 is 0 Å². The highest BCUT2D eigenvalue weighted by atomic mass is 127. The molecule has 2 rings (SSSR count). The molecule has 0 heterocycles. The summed E-state index contributed by atoms with van der Waals surface area (Å²) in [5, 5.41) is 0. The lowest BCUT2D eigenvalue weighted by atomic mass is 10.0. The molecule has 2 aromatic rings. The number of ketones is 1. The zero-order valence-electron chi connectivity index (χ0n) is 11.0. The van der Waals surface area contributed by atoms with Crippen LogP contribution in [0.5, 0.6) is 5.75 Å². The van der Waals surface area contributed by atoms with E-state index in [0.29, 0.717) is 12.2 Å². The topological polar surface area (TPSA) is 26.3 Å². The van der Waals surface area contributed by atoms with Gasteiger partial charge in [-0.05, 0) is 75.3 Å². The fourth-order valence-corrected chi connectivity index (χ4v) is 2.90. The Morgan fingerprint density at radius 1 is 1.25 bits per heavy atom. The molecule has 0 atom stereocenters. The van der Waals surface area contributed by atoms with E-state index in [1.807, 2.05) is 36.4 Å². The summed E-state index contributed by atoms with van der Waals surface area (Å²) < 4.78 is 7.35. The van der Waals surface area contributed by atoms with Crippen molar-refractivity contribution < 1.29 is 9.53 Å². The number of ether oxygens (including phenoxy) is 1. The standard InChI is InChI=1S/C16H14BrIO2/c1-2-9-20-15-8-7-11(10-13(15)17)16(19)12-5-3-4-6-14(12)18/h3-8,10H,2,9H2,1H3.